The Bertz CT molecular complexity index is 316. The fraction of sp³-hybridized carbons (Fsp3) is 0.818. The molecule has 5 nitrogen and oxygen atoms in total. The topological polar surface area (TPSA) is 61.3 Å². The molecule has 1 aromatic rings. The Hall–Kier alpha value is -0.720. The van der Waals surface area contributed by atoms with E-state index in [0.717, 1.165) is 36.8 Å². The lowest BCUT2D eigenvalue weighted by Gasteiger charge is -2.25. The molecule has 0 aromatic carbocycles. The standard InChI is InChI=1S/C11H22N4OS/c1-4-12-11-10(13-14-17-11)8-15(9(2)3)6-5-7-16/h9,12,16H,4-8H2,1-3H3. The van der Waals surface area contributed by atoms with Gasteiger partial charge in [0, 0.05) is 43.8 Å². The maximum Gasteiger partial charge on any atom is 0.134 e. The zero-order valence-electron chi connectivity index (χ0n) is 10.8. The van der Waals surface area contributed by atoms with Crippen molar-refractivity contribution in [1.29, 1.82) is 0 Å². The van der Waals surface area contributed by atoms with Crippen LogP contribution in [0.4, 0.5) is 5.00 Å². The van der Waals surface area contributed by atoms with E-state index in [1.165, 1.54) is 11.5 Å². The summed E-state index contributed by atoms with van der Waals surface area (Å²) < 4.78 is 3.99. The van der Waals surface area contributed by atoms with Crippen LogP contribution in [0.1, 0.15) is 32.9 Å². The van der Waals surface area contributed by atoms with Gasteiger partial charge in [-0.15, -0.1) is 5.10 Å². The average Bonchev–Trinajstić information content (AvgIpc) is 2.72. The van der Waals surface area contributed by atoms with E-state index in [2.05, 4.69) is 40.6 Å². The van der Waals surface area contributed by atoms with Crippen LogP contribution in [0.3, 0.4) is 0 Å². The zero-order valence-corrected chi connectivity index (χ0v) is 11.6. The van der Waals surface area contributed by atoms with Gasteiger partial charge in [-0.05, 0) is 27.2 Å². The van der Waals surface area contributed by atoms with Crippen LogP contribution in [-0.2, 0) is 6.54 Å². The van der Waals surface area contributed by atoms with Crippen LogP contribution < -0.4 is 5.32 Å². The average molecular weight is 258 g/mol. The zero-order chi connectivity index (χ0) is 12.7. The lowest BCUT2D eigenvalue weighted by molar-refractivity contribution is 0.183. The van der Waals surface area contributed by atoms with E-state index in [4.69, 9.17) is 5.11 Å². The van der Waals surface area contributed by atoms with Gasteiger partial charge in [0.1, 0.15) is 10.7 Å². The Labute approximate surface area is 107 Å². The minimum Gasteiger partial charge on any atom is -0.396 e. The van der Waals surface area contributed by atoms with Crippen molar-refractivity contribution in [3.8, 4) is 0 Å². The van der Waals surface area contributed by atoms with E-state index in [9.17, 15) is 0 Å². The van der Waals surface area contributed by atoms with Crippen molar-refractivity contribution in [3.05, 3.63) is 5.69 Å². The number of hydrogen-bond acceptors (Lipinski definition) is 6. The predicted octanol–water partition coefficient (Wildman–Crippen LogP) is 1.56. The fourth-order valence-electron chi connectivity index (χ4n) is 1.59. The van der Waals surface area contributed by atoms with Crippen molar-refractivity contribution < 1.29 is 5.11 Å². The lowest BCUT2D eigenvalue weighted by atomic mass is 10.2. The van der Waals surface area contributed by atoms with E-state index in [1.807, 2.05) is 0 Å². The van der Waals surface area contributed by atoms with Crippen molar-refractivity contribution in [2.75, 3.05) is 25.0 Å². The van der Waals surface area contributed by atoms with E-state index in [1.54, 1.807) is 0 Å². The van der Waals surface area contributed by atoms with Gasteiger partial charge in [0.25, 0.3) is 0 Å². The van der Waals surface area contributed by atoms with Gasteiger partial charge in [-0.1, -0.05) is 4.49 Å². The van der Waals surface area contributed by atoms with Crippen molar-refractivity contribution in [2.24, 2.45) is 0 Å². The van der Waals surface area contributed by atoms with E-state index >= 15 is 0 Å². The van der Waals surface area contributed by atoms with Gasteiger partial charge in [0.2, 0.25) is 0 Å². The third-order valence-corrected chi connectivity index (χ3v) is 3.31. The highest BCUT2D eigenvalue weighted by Crippen LogP contribution is 2.20. The largest absolute Gasteiger partial charge is 0.396 e. The Balaban J connectivity index is 2.61. The van der Waals surface area contributed by atoms with Crippen molar-refractivity contribution in [1.82, 2.24) is 14.5 Å². The Kier molecular flexibility index (Phi) is 6.39. The highest BCUT2D eigenvalue weighted by atomic mass is 32.1. The fourth-order valence-corrected chi connectivity index (χ4v) is 2.23. The summed E-state index contributed by atoms with van der Waals surface area (Å²) in [6.45, 7) is 9.17. The molecule has 2 N–H and O–H groups in total. The molecule has 98 valence electrons. The van der Waals surface area contributed by atoms with Crippen LogP contribution in [0.25, 0.3) is 0 Å². The first-order valence-electron chi connectivity index (χ1n) is 6.09. The van der Waals surface area contributed by atoms with Crippen LogP contribution in [-0.4, -0.2) is 45.3 Å². The Morgan fingerprint density at radius 2 is 2.24 bits per heavy atom. The van der Waals surface area contributed by atoms with E-state index in [-0.39, 0.29) is 6.61 Å². The number of hydrogen-bond donors (Lipinski definition) is 2. The van der Waals surface area contributed by atoms with Gasteiger partial charge < -0.3 is 10.4 Å². The smallest absolute Gasteiger partial charge is 0.134 e. The number of nitrogens with zero attached hydrogens (tertiary/aromatic N) is 3. The molecule has 0 bridgehead atoms. The minimum atomic E-state index is 0.235. The summed E-state index contributed by atoms with van der Waals surface area (Å²) in [4.78, 5) is 2.30. The highest BCUT2D eigenvalue weighted by Gasteiger charge is 2.14. The first-order valence-corrected chi connectivity index (χ1v) is 6.86. The lowest BCUT2D eigenvalue weighted by Crippen LogP contribution is -2.32. The van der Waals surface area contributed by atoms with Crippen LogP contribution >= 0.6 is 11.5 Å². The summed E-state index contributed by atoms with van der Waals surface area (Å²) in [7, 11) is 0. The maximum absolute atomic E-state index is 8.90. The highest BCUT2D eigenvalue weighted by molar-refractivity contribution is 7.10. The van der Waals surface area contributed by atoms with Crippen molar-refractivity contribution in [3.63, 3.8) is 0 Å². The molecule has 1 rings (SSSR count). The van der Waals surface area contributed by atoms with Crippen LogP contribution in [0.2, 0.25) is 0 Å². The van der Waals surface area contributed by atoms with E-state index < -0.39 is 0 Å². The molecule has 0 fully saturated rings. The molecule has 0 spiro atoms. The molecule has 0 unspecified atom stereocenters. The molecule has 0 aliphatic rings. The molecule has 1 aromatic heterocycles. The van der Waals surface area contributed by atoms with Crippen molar-refractivity contribution in [2.45, 2.75) is 39.8 Å². The van der Waals surface area contributed by atoms with Crippen LogP contribution in [0.15, 0.2) is 0 Å². The summed E-state index contributed by atoms with van der Waals surface area (Å²) in [5, 5.41) is 17.4. The van der Waals surface area contributed by atoms with Gasteiger partial charge in [-0.3, -0.25) is 4.90 Å². The number of aliphatic hydroxyl groups excluding tert-OH is 1. The molecule has 1 heterocycles. The molecule has 6 heteroatoms. The Morgan fingerprint density at radius 1 is 1.47 bits per heavy atom. The monoisotopic (exact) mass is 258 g/mol. The SMILES string of the molecule is CCNc1snnc1CN(CCCO)C(C)C. The normalized spacial score (nSPS) is 11.4. The third-order valence-electron chi connectivity index (χ3n) is 2.58. The molecule has 0 amide bonds. The predicted molar refractivity (Wildman–Crippen MR) is 71.3 cm³/mol. The van der Waals surface area contributed by atoms with Crippen LogP contribution in [0, 0.1) is 0 Å². The quantitative estimate of drug-likeness (QED) is 0.741. The summed E-state index contributed by atoms with van der Waals surface area (Å²) >= 11 is 1.40. The van der Waals surface area contributed by atoms with Crippen molar-refractivity contribution >= 4 is 16.5 Å². The Morgan fingerprint density at radius 3 is 2.82 bits per heavy atom. The molecule has 0 atom stereocenters. The molecule has 0 aliphatic carbocycles. The number of rotatable bonds is 8. The third kappa shape index (κ3) is 4.57. The molecular weight excluding hydrogens is 236 g/mol. The molecule has 0 saturated carbocycles. The molecule has 0 aliphatic heterocycles. The maximum atomic E-state index is 8.90. The summed E-state index contributed by atoms with van der Waals surface area (Å²) in [6, 6.07) is 0.442. The molecule has 0 saturated heterocycles. The van der Waals surface area contributed by atoms with Gasteiger partial charge in [0.15, 0.2) is 0 Å². The minimum absolute atomic E-state index is 0.235. The van der Waals surface area contributed by atoms with E-state index in [0.29, 0.717) is 6.04 Å². The summed E-state index contributed by atoms with van der Waals surface area (Å²) in [5.41, 5.74) is 1.00. The summed E-state index contributed by atoms with van der Waals surface area (Å²) in [6.07, 6.45) is 0.798. The first kappa shape index (κ1) is 14.3. The second-order valence-corrected chi connectivity index (χ2v) is 4.97. The van der Waals surface area contributed by atoms with Gasteiger partial charge in [0.05, 0.1) is 0 Å². The number of anilines is 1. The molecule has 0 radical (unpaired) electrons. The second kappa shape index (κ2) is 7.58. The van der Waals surface area contributed by atoms with Gasteiger partial charge in [-0.2, -0.15) is 0 Å². The second-order valence-electron chi connectivity index (χ2n) is 4.22. The number of aromatic nitrogens is 2. The van der Waals surface area contributed by atoms with Gasteiger partial charge >= 0.3 is 0 Å². The molecular formula is C11H22N4OS. The van der Waals surface area contributed by atoms with Gasteiger partial charge in [-0.25, -0.2) is 0 Å². The molecule has 17 heavy (non-hydrogen) atoms. The first-order chi connectivity index (χ1) is 8.19. The van der Waals surface area contributed by atoms with Crippen LogP contribution in [0.5, 0.6) is 0 Å². The number of nitrogens with one attached hydrogen (secondary N) is 1. The number of aliphatic hydroxyl groups is 1. The summed E-state index contributed by atoms with van der Waals surface area (Å²) in [5.74, 6) is 0.